The van der Waals surface area contributed by atoms with Crippen LogP contribution in [0.15, 0.2) is 42.5 Å². The maximum atomic E-state index is 13.4. The van der Waals surface area contributed by atoms with Gasteiger partial charge in [0.15, 0.2) is 11.6 Å². The summed E-state index contributed by atoms with van der Waals surface area (Å²) >= 11 is 0. The van der Waals surface area contributed by atoms with E-state index in [-0.39, 0.29) is 24.3 Å². The Labute approximate surface area is 187 Å². The summed E-state index contributed by atoms with van der Waals surface area (Å²) < 4.78 is 38.0. The topological polar surface area (TPSA) is 42.0 Å². The van der Waals surface area contributed by atoms with Gasteiger partial charge in [-0.3, -0.25) is 4.79 Å². The lowest BCUT2D eigenvalue weighted by atomic mass is 10.2. The molecule has 0 radical (unpaired) electrons. The van der Waals surface area contributed by atoms with Gasteiger partial charge in [0.2, 0.25) is 5.91 Å². The quantitative estimate of drug-likeness (QED) is 0.522. The van der Waals surface area contributed by atoms with Crippen LogP contribution in [0.2, 0.25) is 0 Å². The molecule has 2 aliphatic rings. The van der Waals surface area contributed by atoms with Gasteiger partial charge in [-0.05, 0) is 75.5 Å². The molecule has 0 N–H and O–H groups in total. The molecule has 0 aromatic heterocycles. The first kappa shape index (κ1) is 22.5. The van der Waals surface area contributed by atoms with Gasteiger partial charge < -0.3 is 19.3 Å². The predicted molar refractivity (Wildman–Crippen MR) is 119 cm³/mol. The molecule has 2 aliphatic heterocycles. The van der Waals surface area contributed by atoms with Crippen LogP contribution >= 0.6 is 0 Å². The molecule has 7 heteroatoms. The maximum absolute atomic E-state index is 13.4. The van der Waals surface area contributed by atoms with Gasteiger partial charge in [0.05, 0.1) is 12.6 Å². The second-order valence-corrected chi connectivity index (χ2v) is 8.57. The first-order chi connectivity index (χ1) is 15.5. The smallest absolute Gasteiger partial charge is 0.227 e. The van der Waals surface area contributed by atoms with E-state index in [4.69, 9.17) is 9.47 Å². The minimum absolute atomic E-state index is 0.0253. The molecular formula is C25H30F2N2O3. The molecule has 1 unspecified atom stereocenters. The highest BCUT2D eigenvalue weighted by molar-refractivity contribution is 5.96. The summed E-state index contributed by atoms with van der Waals surface area (Å²) in [6, 6.07) is 11.5. The van der Waals surface area contributed by atoms with Gasteiger partial charge in [-0.1, -0.05) is 0 Å². The fourth-order valence-corrected chi connectivity index (χ4v) is 4.50. The van der Waals surface area contributed by atoms with Crippen LogP contribution in [-0.4, -0.2) is 49.2 Å². The fourth-order valence-electron chi connectivity index (χ4n) is 4.50. The van der Waals surface area contributed by atoms with Crippen molar-refractivity contribution in [2.24, 2.45) is 0 Å². The highest BCUT2D eigenvalue weighted by Gasteiger charge is 2.32. The van der Waals surface area contributed by atoms with Crippen molar-refractivity contribution in [1.29, 1.82) is 0 Å². The molecule has 4 rings (SSSR count). The van der Waals surface area contributed by atoms with Crippen molar-refractivity contribution in [2.45, 2.75) is 51.1 Å². The molecule has 2 aromatic carbocycles. The summed E-state index contributed by atoms with van der Waals surface area (Å²) in [6.07, 6.45) is 4.63. The van der Waals surface area contributed by atoms with Crippen LogP contribution in [0.3, 0.4) is 0 Å². The Morgan fingerprint density at radius 2 is 1.78 bits per heavy atom. The van der Waals surface area contributed by atoms with Gasteiger partial charge in [0.25, 0.3) is 0 Å². The normalized spacial score (nSPS) is 21.3. The van der Waals surface area contributed by atoms with E-state index in [1.54, 1.807) is 4.90 Å². The average molecular weight is 445 g/mol. The molecule has 1 amide bonds. The Morgan fingerprint density at radius 1 is 1.00 bits per heavy atom. The van der Waals surface area contributed by atoms with Crippen molar-refractivity contribution in [3.05, 3.63) is 54.1 Å². The van der Waals surface area contributed by atoms with Gasteiger partial charge in [-0.2, -0.15) is 0 Å². The standard InChI is InChI=1S/C25H30F2N2O3/c1-18-4-2-13-28(18)14-3-15-31-21-8-5-19(6-9-21)29-20(7-12-25(29)30)17-32-22-10-11-23(26)24(27)16-22/h5-6,8-11,16,18,20H,2-4,7,12-15,17H2,1H3/t18?,20-/m0/s1. The molecule has 172 valence electrons. The number of amides is 1. The number of nitrogens with zero attached hydrogens (tertiary/aromatic N) is 2. The maximum Gasteiger partial charge on any atom is 0.227 e. The van der Waals surface area contributed by atoms with E-state index in [9.17, 15) is 13.6 Å². The van der Waals surface area contributed by atoms with Gasteiger partial charge in [-0.25, -0.2) is 8.78 Å². The molecule has 2 saturated heterocycles. The lowest BCUT2D eigenvalue weighted by molar-refractivity contribution is -0.117. The van der Waals surface area contributed by atoms with E-state index in [1.807, 2.05) is 24.3 Å². The zero-order chi connectivity index (χ0) is 22.5. The second-order valence-electron chi connectivity index (χ2n) is 8.57. The van der Waals surface area contributed by atoms with E-state index in [2.05, 4.69) is 11.8 Å². The highest BCUT2D eigenvalue weighted by Crippen LogP contribution is 2.29. The van der Waals surface area contributed by atoms with E-state index in [0.29, 0.717) is 25.5 Å². The molecule has 2 atom stereocenters. The monoisotopic (exact) mass is 444 g/mol. The van der Waals surface area contributed by atoms with E-state index in [1.165, 1.54) is 25.5 Å². The number of carbonyl (C=O) groups excluding carboxylic acids is 1. The predicted octanol–water partition coefficient (Wildman–Crippen LogP) is 4.79. The molecule has 32 heavy (non-hydrogen) atoms. The van der Waals surface area contributed by atoms with Crippen LogP contribution in [-0.2, 0) is 4.79 Å². The SMILES string of the molecule is CC1CCCN1CCCOc1ccc(N2C(=O)CC[C@H]2COc2ccc(F)c(F)c2)cc1. The lowest BCUT2D eigenvalue weighted by Crippen LogP contribution is -2.37. The Hall–Kier alpha value is -2.67. The van der Waals surface area contributed by atoms with Crippen molar-refractivity contribution in [1.82, 2.24) is 4.90 Å². The first-order valence-electron chi connectivity index (χ1n) is 11.4. The number of benzene rings is 2. The third-order valence-corrected chi connectivity index (χ3v) is 6.32. The third kappa shape index (κ3) is 5.38. The van der Waals surface area contributed by atoms with E-state index >= 15 is 0 Å². The number of hydrogen-bond acceptors (Lipinski definition) is 4. The summed E-state index contributed by atoms with van der Waals surface area (Å²) in [6.45, 7) is 5.39. The highest BCUT2D eigenvalue weighted by atomic mass is 19.2. The van der Waals surface area contributed by atoms with Crippen molar-refractivity contribution >= 4 is 11.6 Å². The van der Waals surface area contributed by atoms with Crippen molar-refractivity contribution in [2.75, 3.05) is 31.2 Å². The molecular weight excluding hydrogens is 414 g/mol. The lowest BCUT2D eigenvalue weighted by Gasteiger charge is -2.25. The molecule has 2 fully saturated rings. The number of likely N-dealkylation sites (tertiary alicyclic amines) is 1. The number of ether oxygens (including phenoxy) is 2. The number of anilines is 1. The number of carbonyl (C=O) groups is 1. The summed E-state index contributed by atoms with van der Waals surface area (Å²) in [5.41, 5.74) is 0.782. The Bertz CT molecular complexity index is 922. The van der Waals surface area contributed by atoms with Crippen LogP contribution < -0.4 is 14.4 Å². The van der Waals surface area contributed by atoms with Crippen molar-refractivity contribution in [3.63, 3.8) is 0 Å². The van der Waals surface area contributed by atoms with Crippen LogP contribution in [0.25, 0.3) is 0 Å². The molecule has 2 heterocycles. The Balaban J connectivity index is 1.29. The zero-order valence-electron chi connectivity index (χ0n) is 18.4. The Morgan fingerprint density at radius 3 is 2.50 bits per heavy atom. The van der Waals surface area contributed by atoms with Gasteiger partial charge in [-0.15, -0.1) is 0 Å². The minimum atomic E-state index is -0.951. The first-order valence-corrected chi connectivity index (χ1v) is 11.4. The van der Waals surface area contributed by atoms with Crippen LogP contribution in [0, 0.1) is 11.6 Å². The Kier molecular flexibility index (Phi) is 7.25. The molecule has 0 bridgehead atoms. The van der Waals surface area contributed by atoms with E-state index < -0.39 is 11.6 Å². The molecule has 2 aromatic rings. The summed E-state index contributed by atoms with van der Waals surface area (Å²) in [7, 11) is 0. The number of hydrogen-bond donors (Lipinski definition) is 0. The summed E-state index contributed by atoms with van der Waals surface area (Å²) in [4.78, 5) is 16.7. The van der Waals surface area contributed by atoms with Gasteiger partial charge in [0, 0.05) is 30.8 Å². The second kappa shape index (κ2) is 10.3. The molecule has 0 saturated carbocycles. The number of halogens is 2. The van der Waals surface area contributed by atoms with E-state index in [0.717, 1.165) is 36.5 Å². The van der Waals surface area contributed by atoms with Gasteiger partial charge in [0.1, 0.15) is 18.1 Å². The van der Waals surface area contributed by atoms with Gasteiger partial charge >= 0.3 is 0 Å². The van der Waals surface area contributed by atoms with Crippen LogP contribution in [0.5, 0.6) is 11.5 Å². The van der Waals surface area contributed by atoms with Crippen LogP contribution in [0.1, 0.15) is 39.0 Å². The minimum Gasteiger partial charge on any atom is -0.494 e. The molecule has 0 spiro atoms. The third-order valence-electron chi connectivity index (χ3n) is 6.32. The number of rotatable bonds is 9. The zero-order valence-corrected chi connectivity index (χ0v) is 18.4. The van der Waals surface area contributed by atoms with Crippen LogP contribution in [0.4, 0.5) is 14.5 Å². The summed E-state index contributed by atoms with van der Waals surface area (Å²) in [5, 5.41) is 0. The molecule has 0 aliphatic carbocycles. The molecule has 5 nitrogen and oxygen atoms in total. The average Bonchev–Trinajstić information content (AvgIpc) is 3.37. The summed E-state index contributed by atoms with van der Waals surface area (Å²) in [5.74, 6) is -0.813. The van der Waals surface area contributed by atoms with Crippen molar-refractivity contribution < 1.29 is 23.0 Å². The fraction of sp³-hybridized carbons (Fsp3) is 0.480. The largest absolute Gasteiger partial charge is 0.494 e. The van der Waals surface area contributed by atoms with Crippen molar-refractivity contribution in [3.8, 4) is 11.5 Å².